The number of aliphatic hydroxyl groups is 1. The van der Waals surface area contributed by atoms with Gasteiger partial charge in [-0.25, -0.2) is 13.8 Å². The van der Waals surface area contributed by atoms with E-state index < -0.39 is 23.8 Å². The largest absolute Gasteiger partial charge is 0.468 e. The first-order valence-corrected chi connectivity index (χ1v) is 8.58. The molecule has 4 rings (SSSR count). The van der Waals surface area contributed by atoms with Gasteiger partial charge in [0.15, 0.2) is 5.65 Å². The molecule has 0 saturated heterocycles. The smallest absolute Gasteiger partial charge is 0.302 e. The van der Waals surface area contributed by atoms with Crippen molar-refractivity contribution >= 4 is 5.65 Å². The highest BCUT2D eigenvalue weighted by atomic mass is 19.1. The number of halogens is 2. The summed E-state index contributed by atoms with van der Waals surface area (Å²) in [6.07, 6.45) is 3.16. The van der Waals surface area contributed by atoms with Crippen molar-refractivity contribution in [1.82, 2.24) is 14.4 Å². The molecule has 2 aromatic carbocycles. The monoisotopic (exact) mass is 392 g/mol. The topological polar surface area (TPSA) is 83.4 Å². The zero-order valence-electron chi connectivity index (χ0n) is 15.2. The zero-order valence-corrected chi connectivity index (χ0v) is 15.2. The molecule has 0 fully saturated rings. The van der Waals surface area contributed by atoms with Gasteiger partial charge < -0.3 is 9.84 Å². The van der Waals surface area contributed by atoms with Crippen molar-refractivity contribution in [2.24, 2.45) is 0 Å². The zero-order chi connectivity index (χ0) is 20.5. The number of methoxy groups -OCH3 is 1. The number of rotatable bonds is 4. The summed E-state index contributed by atoms with van der Waals surface area (Å²) in [6, 6.07) is 11.2. The van der Waals surface area contributed by atoms with E-state index in [0.29, 0.717) is 28.0 Å². The van der Waals surface area contributed by atoms with Crippen LogP contribution in [0.5, 0.6) is 6.01 Å². The minimum atomic E-state index is -0.867. The predicted octanol–water partition coefficient (Wildman–Crippen LogP) is 3.71. The van der Waals surface area contributed by atoms with Crippen molar-refractivity contribution in [1.29, 1.82) is 5.26 Å². The molecule has 0 aliphatic carbocycles. The van der Waals surface area contributed by atoms with E-state index in [2.05, 4.69) is 9.97 Å². The highest BCUT2D eigenvalue weighted by molar-refractivity contribution is 5.90. The Kier molecular flexibility index (Phi) is 4.66. The maximum Gasteiger partial charge on any atom is 0.302 e. The third-order valence-corrected chi connectivity index (χ3v) is 4.57. The molecular formula is C21H14F2N4O2. The SMILES string of the molecule is COc1nc(-c2ccc(C#N)cc2)c(-c2cc(F)c(CO)c(F)c2)c2nccn12. The van der Waals surface area contributed by atoms with E-state index in [1.54, 1.807) is 34.9 Å². The Morgan fingerprint density at radius 1 is 1.14 bits per heavy atom. The van der Waals surface area contributed by atoms with Crippen LogP contribution in [0, 0.1) is 23.0 Å². The summed E-state index contributed by atoms with van der Waals surface area (Å²) >= 11 is 0. The highest BCUT2D eigenvalue weighted by Gasteiger charge is 2.21. The number of aliphatic hydroxyl groups excluding tert-OH is 1. The van der Waals surface area contributed by atoms with Crippen molar-refractivity contribution in [3.8, 4) is 34.5 Å². The van der Waals surface area contributed by atoms with Gasteiger partial charge in [0.05, 0.1) is 36.6 Å². The molecule has 29 heavy (non-hydrogen) atoms. The van der Waals surface area contributed by atoms with Gasteiger partial charge in [-0.15, -0.1) is 0 Å². The van der Waals surface area contributed by atoms with Gasteiger partial charge in [0.25, 0.3) is 0 Å². The number of ether oxygens (including phenoxy) is 1. The van der Waals surface area contributed by atoms with Crippen LogP contribution in [0.4, 0.5) is 8.78 Å². The maximum atomic E-state index is 14.4. The minimum absolute atomic E-state index is 0.211. The molecule has 0 bridgehead atoms. The van der Waals surface area contributed by atoms with E-state index in [1.165, 1.54) is 13.3 Å². The van der Waals surface area contributed by atoms with Crippen LogP contribution in [-0.4, -0.2) is 26.6 Å². The van der Waals surface area contributed by atoms with Crippen LogP contribution in [0.2, 0.25) is 0 Å². The summed E-state index contributed by atoms with van der Waals surface area (Å²) in [5.41, 5.74) is 2.07. The second-order valence-corrected chi connectivity index (χ2v) is 6.21. The molecular weight excluding hydrogens is 378 g/mol. The van der Waals surface area contributed by atoms with Gasteiger partial charge in [-0.3, -0.25) is 4.40 Å². The first kappa shape index (κ1) is 18.5. The second kappa shape index (κ2) is 7.30. The Morgan fingerprint density at radius 3 is 2.41 bits per heavy atom. The van der Waals surface area contributed by atoms with Gasteiger partial charge >= 0.3 is 6.01 Å². The number of nitriles is 1. The Hall–Kier alpha value is -3.83. The number of imidazole rings is 1. The van der Waals surface area contributed by atoms with Crippen molar-refractivity contribution in [2.75, 3.05) is 7.11 Å². The number of benzene rings is 2. The Balaban J connectivity index is 2.06. The van der Waals surface area contributed by atoms with E-state index in [4.69, 9.17) is 10.00 Å². The molecule has 0 aliphatic rings. The van der Waals surface area contributed by atoms with Crippen LogP contribution in [0.1, 0.15) is 11.1 Å². The maximum absolute atomic E-state index is 14.4. The Bertz CT molecular complexity index is 1240. The fraction of sp³-hybridized carbons (Fsp3) is 0.0952. The summed E-state index contributed by atoms with van der Waals surface area (Å²) in [5, 5.41) is 18.2. The summed E-state index contributed by atoms with van der Waals surface area (Å²) < 4.78 is 35.7. The average molecular weight is 392 g/mol. The van der Waals surface area contributed by atoms with E-state index in [-0.39, 0.29) is 11.6 Å². The summed E-state index contributed by atoms with van der Waals surface area (Å²) in [7, 11) is 1.46. The van der Waals surface area contributed by atoms with Crippen LogP contribution < -0.4 is 4.74 Å². The summed E-state index contributed by atoms with van der Waals surface area (Å²) in [6.45, 7) is -0.750. The van der Waals surface area contributed by atoms with Gasteiger partial charge in [0.1, 0.15) is 11.6 Å². The molecule has 0 amide bonds. The fourth-order valence-electron chi connectivity index (χ4n) is 3.17. The molecule has 2 heterocycles. The van der Waals surface area contributed by atoms with Crippen LogP contribution >= 0.6 is 0 Å². The first-order chi connectivity index (χ1) is 14.1. The molecule has 0 atom stereocenters. The number of nitrogens with zero attached hydrogens (tertiary/aromatic N) is 4. The second-order valence-electron chi connectivity index (χ2n) is 6.21. The van der Waals surface area contributed by atoms with Crippen LogP contribution in [0.3, 0.4) is 0 Å². The predicted molar refractivity (Wildman–Crippen MR) is 101 cm³/mol. The van der Waals surface area contributed by atoms with Gasteiger partial charge in [-0.05, 0) is 29.8 Å². The Morgan fingerprint density at radius 2 is 1.83 bits per heavy atom. The molecule has 4 aromatic rings. The molecule has 6 nitrogen and oxygen atoms in total. The third-order valence-electron chi connectivity index (χ3n) is 4.57. The molecule has 0 unspecified atom stereocenters. The lowest BCUT2D eigenvalue weighted by molar-refractivity contribution is 0.269. The van der Waals surface area contributed by atoms with Crippen molar-refractivity contribution in [2.45, 2.75) is 6.61 Å². The van der Waals surface area contributed by atoms with E-state index in [1.807, 2.05) is 6.07 Å². The van der Waals surface area contributed by atoms with Crippen LogP contribution in [0.25, 0.3) is 28.0 Å². The van der Waals surface area contributed by atoms with Gasteiger partial charge in [0.2, 0.25) is 0 Å². The minimum Gasteiger partial charge on any atom is -0.468 e. The summed E-state index contributed by atoms with van der Waals surface area (Å²) in [5.74, 6) is -1.73. The molecule has 0 saturated carbocycles. The Labute approximate surface area is 164 Å². The number of aromatic nitrogens is 3. The highest BCUT2D eigenvalue weighted by Crippen LogP contribution is 2.37. The molecule has 2 aromatic heterocycles. The van der Waals surface area contributed by atoms with E-state index >= 15 is 0 Å². The normalized spacial score (nSPS) is 10.9. The van der Waals surface area contributed by atoms with Crippen LogP contribution in [-0.2, 0) is 6.61 Å². The van der Waals surface area contributed by atoms with Crippen molar-refractivity contribution in [3.05, 3.63) is 71.6 Å². The van der Waals surface area contributed by atoms with Crippen molar-refractivity contribution < 1.29 is 18.6 Å². The van der Waals surface area contributed by atoms with E-state index in [9.17, 15) is 13.9 Å². The van der Waals surface area contributed by atoms with Gasteiger partial charge in [0, 0.05) is 23.5 Å². The number of fused-ring (bicyclic) bond motifs is 1. The number of hydrogen-bond acceptors (Lipinski definition) is 5. The van der Waals surface area contributed by atoms with Gasteiger partial charge in [-0.1, -0.05) is 12.1 Å². The molecule has 0 radical (unpaired) electrons. The van der Waals surface area contributed by atoms with Crippen molar-refractivity contribution in [3.63, 3.8) is 0 Å². The van der Waals surface area contributed by atoms with Crippen LogP contribution in [0.15, 0.2) is 48.8 Å². The summed E-state index contributed by atoms with van der Waals surface area (Å²) in [4.78, 5) is 8.84. The molecule has 0 spiro atoms. The standard InChI is InChI=1S/C21H14F2N4O2/c1-29-21-26-19(13-4-2-12(10-24)3-5-13)18(20-25-6-7-27(20)21)14-8-16(22)15(11-28)17(23)9-14/h2-9,28H,11H2,1H3. The first-order valence-electron chi connectivity index (χ1n) is 8.58. The molecule has 0 aliphatic heterocycles. The van der Waals surface area contributed by atoms with E-state index in [0.717, 1.165) is 12.1 Å². The average Bonchev–Trinajstić information content (AvgIpc) is 3.22. The fourth-order valence-corrected chi connectivity index (χ4v) is 3.17. The lowest BCUT2D eigenvalue weighted by Gasteiger charge is -2.15. The molecule has 8 heteroatoms. The molecule has 144 valence electrons. The third kappa shape index (κ3) is 3.07. The quantitative estimate of drug-likeness (QED) is 0.572. The number of hydrogen-bond donors (Lipinski definition) is 1. The molecule has 1 N–H and O–H groups in total. The van der Waals surface area contributed by atoms with Gasteiger partial charge in [-0.2, -0.15) is 10.2 Å². The lowest BCUT2D eigenvalue weighted by Crippen LogP contribution is -2.03. The lowest BCUT2D eigenvalue weighted by atomic mass is 9.98.